The van der Waals surface area contributed by atoms with Gasteiger partial charge in [0.2, 0.25) is 0 Å². The zero-order valence-electron chi connectivity index (χ0n) is 21.2. The van der Waals surface area contributed by atoms with Gasteiger partial charge in [0.1, 0.15) is 5.75 Å². The van der Waals surface area contributed by atoms with Crippen LogP contribution in [0.3, 0.4) is 0 Å². The van der Waals surface area contributed by atoms with E-state index in [-0.39, 0.29) is 24.0 Å². The largest absolute Gasteiger partial charge is 0.497 e. The third-order valence-electron chi connectivity index (χ3n) is 7.05. The number of benzene rings is 1. The van der Waals surface area contributed by atoms with Gasteiger partial charge in [0.05, 0.1) is 7.11 Å². The van der Waals surface area contributed by atoms with Crippen LogP contribution in [-0.2, 0) is 0 Å². The number of aliphatic imine (C=N–C) groups is 1. The monoisotopic (exact) mass is 571 g/mol. The Labute approximate surface area is 218 Å². The lowest BCUT2D eigenvalue weighted by Crippen LogP contribution is -2.49. The van der Waals surface area contributed by atoms with E-state index in [1.807, 2.05) is 0 Å². The topological polar surface area (TPSA) is 52.1 Å². The number of halogens is 1. The Kier molecular flexibility index (Phi) is 12.8. The Morgan fingerprint density at radius 2 is 1.82 bits per heavy atom. The molecule has 0 radical (unpaired) electrons. The summed E-state index contributed by atoms with van der Waals surface area (Å²) in [4.78, 5) is 10.2. The minimum absolute atomic E-state index is 0. The standard InChI is InChI=1S/C26H45N5O.HI/c1-5-7-17-31-18-14-23(15-19-31)29-26(27-6-2)28-20-22-9-8-16-30(3)25(22)21-10-12-24(32-4)13-11-21;/h10-13,22-23,25H,5-9,14-20H2,1-4H3,(H2,27,28,29);1H. The fraction of sp³-hybridized carbons (Fsp3) is 0.731. The number of guanidine groups is 1. The molecule has 1 aromatic rings. The van der Waals surface area contributed by atoms with Crippen molar-refractivity contribution in [3.63, 3.8) is 0 Å². The van der Waals surface area contributed by atoms with Gasteiger partial charge in [0.15, 0.2) is 5.96 Å². The lowest BCUT2D eigenvalue weighted by Gasteiger charge is -2.39. The number of methoxy groups -OCH3 is 1. The highest BCUT2D eigenvalue weighted by Gasteiger charge is 2.30. The van der Waals surface area contributed by atoms with E-state index < -0.39 is 0 Å². The van der Waals surface area contributed by atoms with Crippen molar-refractivity contribution >= 4 is 29.9 Å². The summed E-state index contributed by atoms with van der Waals surface area (Å²) in [6.07, 6.45) is 7.46. The highest BCUT2D eigenvalue weighted by Crippen LogP contribution is 2.35. The fourth-order valence-corrected chi connectivity index (χ4v) is 5.18. The van der Waals surface area contributed by atoms with Gasteiger partial charge in [0, 0.05) is 38.3 Å². The second kappa shape index (κ2) is 15.0. The van der Waals surface area contributed by atoms with Crippen molar-refractivity contribution in [1.82, 2.24) is 20.4 Å². The predicted octanol–water partition coefficient (Wildman–Crippen LogP) is 4.52. The summed E-state index contributed by atoms with van der Waals surface area (Å²) in [6, 6.07) is 9.53. The summed E-state index contributed by atoms with van der Waals surface area (Å²) in [5.74, 6) is 2.43. The highest BCUT2D eigenvalue weighted by atomic mass is 127. The molecule has 6 nitrogen and oxygen atoms in total. The second-order valence-electron chi connectivity index (χ2n) is 9.43. The van der Waals surface area contributed by atoms with Crippen molar-refractivity contribution in [1.29, 1.82) is 0 Å². The molecular weight excluding hydrogens is 525 g/mol. The van der Waals surface area contributed by atoms with Gasteiger partial charge in [-0.05, 0) is 82.8 Å². The van der Waals surface area contributed by atoms with Gasteiger partial charge < -0.3 is 20.3 Å². The molecule has 3 rings (SSSR count). The molecule has 0 aliphatic carbocycles. The molecule has 2 heterocycles. The van der Waals surface area contributed by atoms with Crippen LogP contribution in [0.1, 0.15) is 64.0 Å². The van der Waals surface area contributed by atoms with Gasteiger partial charge in [-0.15, -0.1) is 24.0 Å². The molecule has 2 fully saturated rings. The van der Waals surface area contributed by atoms with E-state index in [1.54, 1.807) is 7.11 Å². The van der Waals surface area contributed by atoms with E-state index in [9.17, 15) is 0 Å². The van der Waals surface area contributed by atoms with Crippen LogP contribution in [0.25, 0.3) is 0 Å². The number of piperidine rings is 2. The summed E-state index contributed by atoms with van der Waals surface area (Å²) in [5.41, 5.74) is 1.37. The summed E-state index contributed by atoms with van der Waals surface area (Å²) in [6.45, 7) is 11.0. The van der Waals surface area contributed by atoms with Crippen molar-refractivity contribution in [2.24, 2.45) is 10.9 Å². The van der Waals surface area contributed by atoms with Gasteiger partial charge >= 0.3 is 0 Å². The lowest BCUT2D eigenvalue weighted by molar-refractivity contribution is 0.125. The number of unbranched alkanes of at least 4 members (excludes halogenated alkanes) is 1. The van der Waals surface area contributed by atoms with Crippen molar-refractivity contribution in [3.05, 3.63) is 29.8 Å². The van der Waals surface area contributed by atoms with Crippen LogP contribution in [0.15, 0.2) is 29.3 Å². The fourth-order valence-electron chi connectivity index (χ4n) is 5.18. The first-order valence-electron chi connectivity index (χ1n) is 12.8. The molecule has 7 heteroatoms. The summed E-state index contributed by atoms with van der Waals surface area (Å²) < 4.78 is 5.36. The van der Waals surface area contributed by atoms with E-state index >= 15 is 0 Å². The number of nitrogens with zero attached hydrogens (tertiary/aromatic N) is 3. The minimum atomic E-state index is 0. The number of likely N-dealkylation sites (tertiary alicyclic amines) is 2. The average molecular weight is 572 g/mol. The Morgan fingerprint density at radius 3 is 2.45 bits per heavy atom. The molecule has 188 valence electrons. The molecule has 0 saturated carbocycles. The normalized spacial score (nSPS) is 23.1. The predicted molar refractivity (Wildman–Crippen MR) is 150 cm³/mol. The SMILES string of the molecule is CCCCN1CCC(NC(=NCC2CCCN(C)C2c2ccc(OC)cc2)NCC)CC1.I. The molecular formula is C26H46IN5O. The van der Waals surface area contributed by atoms with Gasteiger partial charge in [0.25, 0.3) is 0 Å². The quantitative estimate of drug-likeness (QED) is 0.260. The number of hydrogen-bond donors (Lipinski definition) is 2. The van der Waals surface area contributed by atoms with E-state index in [0.717, 1.165) is 31.3 Å². The lowest BCUT2D eigenvalue weighted by atomic mass is 9.85. The maximum atomic E-state index is 5.36. The van der Waals surface area contributed by atoms with Crippen LogP contribution in [-0.4, -0.2) is 75.2 Å². The van der Waals surface area contributed by atoms with Crippen LogP contribution in [0.4, 0.5) is 0 Å². The summed E-state index contributed by atoms with van der Waals surface area (Å²) in [7, 11) is 3.98. The maximum Gasteiger partial charge on any atom is 0.191 e. The van der Waals surface area contributed by atoms with Gasteiger partial charge in [-0.1, -0.05) is 25.5 Å². The molecule has 2 N–H and O–H groups in total. The molecule has 1 aromatic carbocycles. The molecule has 0 aromatic heterocycles. The first kappa shape index (κ1) is 28.2. The van der Waals surface area contributed by atoms with Crippen LogP contribution in [0.2, 0.25) is 0 Å². The van der Waals surface area contributed by atoms with Crippen molar-refractivity contribution in [2.75, 3.05) is 53.4 Å². The molecule has 2 atom stereocenters. The number of nitrogens with one attached hydrogen (secondary N) is 2. The van der Waals surface area contributed by atoms with Crippen LogP contribution < -0.4 is 15.4 Å². The Bertz CT molecular complexity index is 690. The number of hydrogen-bond acceptors (Lipinski definition) is 4. The molecule has 2 saturated heterocycles. The average Bonchev–Trinajstić information content (AvgIpc) is 2.82. The highest BCUT2D eigenvalue weighted by molar-refractivity contribution is 14.0. The summed E-state index contributed by atoms with van der Waals surface area (Å²) >= 11 is 0. The first-order valence-corrected chi connectivity index (χ1v) is 12.8. The Hall–Kier alpha value is -1.06. The van der Waals surface area contributed by atoms with Crippen molar-refractivity contribution < 1.29 is 4.74 Å². The number of rotatable bonds is 9. The van der Waals surface area contributed by atoms with Crippen LogP contribution >= 0.6 is 24.0 Å². The molecule has 2 aliphatic rings. The number of ether oxygens (including phenoxy) is 1. The summed E-state index contributed by atoms with van der Waals surface area (Å²) in [5, 5.41) is 7.23. The molecule has 0 amide bonds. The van der Waals surface area contributed by atoms with Gasteiger partial charge in [-0.25, -0.2) is 0 Å². The zero-order valence-corrected chi connectivity index (χ0v) is 23.5. The van der Waals surface area contributed by atoms with E-state index in [0.29, 0.717) is 18.0 Å². The van der Waals surface area contributed by atoms with Crippen molar-refractivity contribution in [3.8, 4) is 5.75 Å². The van der Waals surface area contributed by atoms with Gasteiger partial charge in [-0.3, -0.25) is 9.89 Å². The third kappa shape index (κ3) is 8.58. The zero-order chi connectivity index (χ0) is 22.8. The smallest absolute Gasteiger partial charge is 0.191 e. The second-order valence-corrected chi connectivity index (χ2v) is 9.43. The molecule has 0 bridgehead atoms. The molecule has 2 unspecified atom stereocenters. The van der Waals surface area contributed by atoms with Crippen molar-refractivity contribution in [2.45, 2.75) is 64.5 Å². The minimum Gasteiger partial charge on any atom is -0.497 e. The Balaban J connectivity index is 0.00000385. The van der Waals surface area contributed by atoms with Crippen LogP contribution in [0, 0.1) is 5.92 Å². The molecule has 0 spiro atoms. The van der Waals surface area contributed by atoms with Crippen LogP contribution in [0.5, 0.6) is 5.75 Å². The maximum absolute atomic E-state index is 5.36. The first-order chi connectivity index (χ1) is 15.6. The van der Waals surface area contributed by atoms with E-state index in [2.05, 4.69) is 65.6 Å². The van der Waals surface area contributed by atoms with Gasteiger partial charge in [-0.2, -0.15) is 0 Å². The van der Waals surface area contributed by atoms with E-state index in [4.69, 9.17) is 9.73 Å². The molecule has 2 aliphatic heterocycles. The third-order valence-corrected chi connectivity index (χ3v) is 7.05. The van der Waals surface area contributed by atoms with E-state index in [1.165, 1.54) is 63.7 Å². The molecule has 33 heavy (non-hydrogen) atoms. The Morgan fingerprint density at radius 1 is 1.09 bits per heavy atom.